The highest BCUT2D eigenvalue weighted by Crippen LogP contribution is 2.34. The van der Waals surface area contributed by atoms with Crippen LogP contribution in [0.3, 0.4) is 0 Å². The van der Waals surface area contributed by atoms with E-state index in [0.717, 1.165) is 30.0 Å². The van der Waals surface area contributed by atoms with Gasteiger partial charge < -0.3 is 20.4 Å². The normalized spacial score (nSPS) is 17.1. The minimum Gasteiger partial charge on any atom is -0.459 e. The van der Waals surface area contributed by atoms with Gasteiger partial charge in [-0.05, 0) is 31.5 Å². The monoisotopic (exact) mass is 334 g/mol. The van der Waals surface area contributed by atoms with Crippen LogP contribution in [0.15, 0.2) is 22.8 Å². The number of anilines is 1. The molecule has 2 aromatic rings. The molecule has 0 radical (unpaired) electrons. The fraction of sp³-hybridized carbons (Fsp3) is 0.375. The molecule has 0 spiro atoms. The van der Waals surface area contributed by atoms with Gasteiger partial charge in [0.1, 0.15) is 11.5 Å². The van der Waals surface area contributed by atoms with Crippen molar-refractivity contribution in [3.05, 3.63) is 40.2 Å². The van der Waals surface area contributed by atoms with Crippen molar-refractivity contribution in [3.8, 4) is 0 Å². The van der Waals surface area contributed by atoms with Crippen molar-refractivity contribution >= 4 is 28.2 Å². The van der Waals surface area contributed by atoms with Gasteiger partial charge in [-0.3, -0.25) is 9.59 Å². The van der Waals surface area contributed by atoms with E-state index in [1.807, 2.05) is 0 Å². The third-order valence-electron chi connectivity index (χ3n) is 4.21. The number of amides is 2. The number of hydrogen-bond donors (Lipinski definition) is 3. The van der Waals surface area contributed by atoms with E-state index in [0.29, 0.717) is 16.6 Å². The zero-order valence-corrected chi connectivity index (χ0v) is 14.0. The highest BCUT2D eigenvalue weighted by atomic mass is 32.1. The Morgan fingerprint density at radius 2 is 2.22 bits per heavy atom. The van der Waals surface area contributed by atoms with Gasteiger partial charge in [0.2, 0.25) is 0 Å². The van der Waals surface area contributed by atoms with Crippen LogP contribution in [-0.4, -0.2) is 24.4 Å². The average Bonchev–Trinajstić information content (AvgIpc) is 3.13. The maximum absolute atomic E-state index is 12.2. The Morgan fingerprint density at radius 1 is 1.43 bits per heavy atom. The van der Waals surface area contributed by atoms with E-state index in [1.54, 1.807) is 12.1 Å². The summed E-state index contributed by atoms with van der Waals surface area (Å²) >= 11 is 1.44. The lowest BCUT2D eigenvalue weighted by atomic mass is 10.0. The fourth-order valence-corrected chi connectivity index (χ4v) is 4.21. The van der Waals surface area contributed by atoms with Gasteiger partial charge in [-0.25, -0.2) is 0 Å². The van der Waals surface area contributed by atoms with Crippen LogP contribution in [-0.2, 0) is 13.0 Å². The molecule has 1 atom stereocenters. The van der Waals surface area contributed by atoms with E-state index in [1.165, 1.54) is 22.5 Å². The highest BCUT2D eigenvalue weighted by molar-refractivity contribution is 7.17. The summed E-state index contributed by atoms with van der Waals surface area (Å²) in [4.78, 5) is 26.7. The first kappa shape index (κ1) is 15.8. The second-order valence-corrected chi connectivity index (χ2v) is 7.10. The van der Waals surface area contributed by atoms with Crippen LogP contribution in [0.25, 0.3) is 0 Å². The van der Waals surface area contributed by atoms with Crippen LogP contribution in [0.5, 0.6) is 0 Å². The van der Waals surface area contributed by atoms with Gasteiger partial charge in [0.25, 0.3) is 11.8 Å². The SMILES string of the molecule is CC(C)[NH+]1CCc2c(sc(NC(=O)c3ccco3)c2C(N)=O)C1. The lowest BCUT2D eigenvalue weighted by Gasteiger charge is -2.27. The van der Waals surface area contributed by atoms with Crippen LogP contribution in [0.4, 0.5) is 5.00 Å². The number of nitrogens with two attached hydrogens (primary N) is 1. The number of hydrogen-bond acceptors (Lipinski definition) is 4. The van der Waals surface area contributed by atoms with Gasteiger partial charge in [0, 0.05) is 6.42 Å². The summed E-state index contributed by atoms with van der Waals surface area (Å²) < 4.78 is 5.09. The Kier molecular flexibility index (Phi) is 4.23. The summed E-state index contributed by atoms with van der Waals surface area (Å²) in [5, 5.41) is 3.29. The molecule has 2 amide bonds. The Morgan fingerprint density at radius 3 is 2.83 bits per heavy atom. The van der Waals surface area contributed by atoms with Gasteiger partial charge >= 0.3 is 0 Å². The van der Waals surface area contributed by atoms with E-state index in [4.69, 9.17) is 10.2 Å². The summed E-state index contributed by atoms with van der Waals surface area (Å²) in [6, 6.07) is 3.74. The number of furan rings is 1. The predicted molar refractivity (Wildman–Crippen MR) is 87.9 cm³/mol. The Bertz CT molecular complexity index is 734. The van der Waals surface area contributed by atoms with Crippen molar-refractivity contribution in [2.75, 3.05) is 11.9 Å². The first-order chi connectivity index (χ1) is 11.0. The van der Waals surface area contributed by atoms with Crippen molar-refractivity contribution < 1.29 is 18.9 Å². The van der Waals surface area contributed by atoms with E-state index >= 15 is 0 Å². The standard InChI is InChI=1S/C16H19N3O3S/c1-9(2)19-6-5-10-12(8-19)23-16(13(10)14(17)20)18-15(21)11-4-3-7-22-11/h3-4,7,9H,5-6,8H2,1-2H3,(H2,17,20)(H,18,21)/p+1. The number of primary amides is 1. The van der Waals surface area contributed by atoms with Gasteiger partial charge in [0.15, 0.2) is 5.76 Å². The van der Waals surface area contributed by atoms with Gasteiger partial charge in [-0.15, -0.1) is 11.3 Å². The number of carbonyl (C=O) groups excluding carboxylic acids is 2. The Balaban J connectivity index is 1.92. The number of nitrogens with one attached hydrogen (secondary N) is 2. The molecule has 0 fully saturated rings. The minimum absolute atomic E-state index is 0.209. The maximum atomic E-state index is 12.2. The summed E-state index contributed by atoms with van der Waals surface area (Å²) in [5.74, 6) is -0.657. The van der Waals surface area contributed by atoms with Crippen molar-refractivity contribution in [1.29, 1.82) is 0 Å². The van der Waals surface area contributed by atoms with Crippen LogP contribution < -0.4 is 16.0 Å². The third kappa shape index (κ3) is 3.02. The minimum atomic E-state index is -0.495. The molecule has 0 aliphatic carbocycles. The Hall–Kier alpha value is -2.12. The van der Waals surface area contributed by atoms with Crippen molar-refractivity contribution in [3.63, 3.8) is 0 Å². The molecule has 1 unspecified atom stereocenters. The lowest BCUT2D eigenvalue weighted by Crippen LogP contribution is -3.14. The molecule has 2 aromatic heterocycles. The number of carbonyl (C=O) groups is 2. The van der Waals surface area contributed by atoms with Crippen LogP contribution in [0, 0.1) is 0 Å². The molecule has 3 heterocycles. The molecular formula is C16H20N3O3S+. The van der Waals surface area contributed by atoms with Crippen LogP contribution in [0.2, 0.25) is 0 Å². The lowest BCUT2D eigenvalue weighted by molar-refractivity contribution is -0.936. The second-order valence-electron chi connectivity index (χ2n) is 5.99. The maximum Gasteiger partial charge on any atom is 0.291 e. The smallest absolute Gasteiger partial charge is 0.291 e. The summed E-state index contributed by atoms with van der Waals surface area (Å²) in [6.07, 6.45) is 2.24. The zero-order valence-electron chi connectivity index (χ0n) is 13.1. The average molecular weight is 334 g/mol. The molecule has 1 aliphatic heterocycles. The van der Waals surface area contributed by atoms with Crippen molar-refractivity contribution in [1.82, 2.24) is 0 Å². The number of thiophene rings is 1. The molecule has 6 nitrogen and oxygen atoms in total. The first-order valence-corrected chi connectivity index (χ1v) is 8.42. The van der Waals surface area contributed by atoms with Gasteiger partial charge in [0.05, 0.1) is 29.3 Å². The summed E-state index contributed by atoms with van der Waals surface area (Å²) in [6.45, 7) is 6.19. The first-order valence-electron chi connectivity index (χ1n) is 7.61. The predicted octanol–water partition coefficient (Wildman–Crippen LogP) is 1.04. The molecule has 1 aliphatic rings. The third-order valence-corrected chi connectivity index (χ3v) is 5.36. The van der Waals surface area contributed by atoms with E-state index in [9.17, 15) is 9.59 Å². The molecule has 0 aromatic carbocycles. The highest BCUT2D eigenvalue weighted by Gasteiger charge is 2.30. The summed E-state index contributed by atoms with van der Waals surface area (Å²) in [5.41, 5.74) is 7.00. The van der Waals surface area contributed by atoms with E-state index in [2.05, 4.69) is 19.2 Å². The topological polar surface area (TPSA) is 89.8 Å². The zero-order chi connectivity index (χ0) is 16.6. The summed E-state index contributed by atoms with van der Waals surface area (Å²) in [7, 11) is 0. The van der Waals surface area contributed by atoms with E-state index in [-0.39, 0.29) is 11.7 Å². The molecule has 7 heteroatoms. The molecule has 0 bridgehead atoms. The Labute approximate surface area is 138 Å². The molecule has 23 heavy (non-hydrogen) atoms. The van der Waals surface area contributed by atoms with E-state index < -0.39 is 5.91 Å². The van der Waals surface area contributed by atoms with Crippen molar-refractivity contribution in [2.45, 2.75) is 32.9 Å². The molecule has 3 rings (SSSR count). The largest absolute Gasteiger partial charge is 0.459 e. The molecule has 0 saturated carbocycles. The second kappa shape index (κ2) is 6.17. The quantitative estimate of drug-likeness (QED) is 0.780. The van der Waals surface area contributed by atoms with Crippen LogP contribution >= 0.6 is 11.3 Å². The number of fused-ring (bicyclic) bond motifs is 1. The fourth-order valence-electron chi connectivity index (χ4n) is 2.91. The molecule has 122 valence electrons. The number of rotatable bonds is 4. The number of quaternary nitrogens is 1. The van der Waals surface area contributed by atoms with Crippen molar-refractivity contribution in [2.24, 2.45) is 5.73 Å². The molecular weight excluding hydrogens is 314 g/mol. The molecule has 0 saturated heterocycles. The van der Waals surface area contributed by atoms with Gasteiger partial charge in [-0.2, -0.15) is 0 Å². The molecule has 4 N–H and O–H groups in total. The van der Waals surface area contributed by atoms with Crippen LogP contribution in [0.1, 0.15) is 45.2 Å². The van der Waals surface area contributed by atoms with Gasteiger partial charge in [-0.1, -0.05) is 0 Å².